The van der Waals surface area contributed by atoms with Crippen LogP contribution in [0.25, 0.3) is 17.1 Å². The van der Waals surface area contributed by atoms with Gasteiger partial charge in [0.25, 0.3) is 17.1 Å². The predicted molar refractivity (Wildman–Crippen MR) is 106 cm³/mol. The Bertz CT molecular complexity index is 1320. The van der Waals surface area contributed by atoms with E-state index in [0.29, 0.717) is 18.1 Å². The smallest absolute Gasteiger partial charge is 0.348 e. The Balaban J connectivity index is 1.59. The molecule has 0 radical (unpaired) electrons. The van der Waals surface area contributed by atoms with Gasteiger partial charge >= 0.3 is 11.6 Å². The second-order valence-electron chi connectivity index (χ2n) is 6.63. The molecule has 3 heterocycles. The van der Waals surface area contributed by atoms with Crippen LogP contribution in [0.4, 0.5) is 0 Å². The van der Waals surface area contributed by atoms with Gasteiger partial charge in [0.15, 0.2) is 0 Å². The molecule has 0 unspecified atom stereocenters. The number of aryl methyl sites for hydroxylation is 1. The van der Waals surface area contributed by atoms with Gasteiger partial charge < -0.3 is 5.32 Å². The van der Waals surface area contributed by atoms with Crippen molar-refractivity contribution in [2.24, 2.45) is 14.1 Å². The normalized spacial score (nSPS) is 11.0. The van der Waals surface area contributed by atoms with E-state index in [1.807, 2.05) is 30.3 Å². The van der Waals surface area contributed by atoms with Gasteiger partial charge in [-0.25, -0.2) is 14.3 Å². The Hall–Kier alpha value is -4.01. The number of rotatable bonds is 4. The molecule has 0 bridgehead atoms. The van der Waals surface area contributed by atoms with E-state index in [9.17, 15) is 14.4 Å². The highest BCUT2D eigenvalue weighted by Crippen LogP contribution is 2.05. The quantitative estimate of drug-likeness (QED) is 0.484. The first-order chi connectivity index (χ1) is 14.0. The Morgan fingerprint density at radius 1 is 1.07 bits per heavy atom. The third kappa shape index (κ3) is 3.33. The number of fused-ring (bicyclic) bond motifs is 1. The monoisotopic (exact) mass is 391 g/mol. The molecule has 146 valence electrons. The van der Waals surface area contributed by atoms with Crippen molar-refractivity contribution in [2.45, 2.75) is 6.54 Å². The van der Waals surface area contributed by atoms with E-state index in [4.69, 9.17) is 0 Å². The number of carbonyl (C=O) groups excluding carboxylic acids is 1. The third-order valence-corrected chi connectivity index (χ3v) is 4.71. The van der Waals surface area contributed by atoms with E-state index in [1.54, 1.807) is 36.1 Å². The van der Waals surface area contributed by atoms with Crippen LogP contribution in [0.5, 0.6) is 0 Å². The van der Waals surface area contributed by atoms with E-state index in [1.165, 1.54) is 11.6 Å². The van der Waals surface area contributed by atoms with Crippen LogP contribution in [0.2, 0.25) is 0 Å². The van der Waals surface area contributed by atoms with Crippen LogP contribution in [-0.4, -0.2) is 25.0 Å². The molecule has 1 amide bonds. The lowest BCUT2D eigenvalue weighted by molar-refractivity contribution is -0.603. The first kappa shape index (κ1) is 18.4. The molecule has 9 heteroatoms. The number of aromatic nitrogens is 5. The molecule has 0 atom stereocenters. The maximum Gasteiger partial charge on any atom is 0.403 e. The molecular weight excluding hydrogens is 372 g/mol. The van der Waals surface area contributed by atoms with Crippen molar-refractivity contribution in [3.8, 4) is 5.95 Å². The molecule has 29 heavy (non-hydrogen) atoms. The summed E-state index contributed by atoms with van der Waals surface area (Å²) >= 11 is 0. The van der Waals surface area contributed by atoms with Gasteiger partial charge in [0.1, 0.15) is 0 Å². The number of pyridine rings is 1. The van der Waals surface area contributed by atoms with E-state index in [0.717, 1.165) is 10.1 Å². The molecule has 0 aliphatic carbocycles. The summed E-state index contributed by atoms with van der Waals surface area (Å²) in [6, 6.07) is 13.0. The Morgan fingerprint density at radius 3 is 2.45 bits per heavy atom. The molecule has 2 N–H and O–H groups in total. The fraction of sp³-hybridized carbons (Fsp3) is 0.150. The molecule has 0 fully saturated rings. The molecule has 0 aliphatic heterocycles. The number of hydrogen-bond acceptors (Lipinski definition) is 4. The zero-order chi connectivity index (χ0) is 20.5. The number of imidazole rings is 1. The van der Waals surface area contributed by atoms with Crippen molar-refractivity contribution >= 4 is 17.1 Å². The first-order valence-corrected chi connectivity index (χ1v) is 8.95. The highest BCUT2D eigenvalue weighted by atomic mass is 16.2. The van der Waals surface area contributed by atoms with E-state index in [2.05, 4.69) is 15.3 Å². The van der Waals surface area contributed by atoms with Crippen molar-refractivity contribution in [1.82, 2.24) is 24.4 Å². The van der Waals surface area contributed by atoms with Gasteiger partial charge in [0.2, 0.25) is 5.52 Å². The number of benzene rings is 1. The summed E-state index contributed by atoms with van der Waals surface area (Å²) in [4.78, 5) is 44.0. The molecular formula is C20H19N6O3+. The number of aromatic amines is 1. The van der Waals surface area contributed by atoms with Gasteiger partial charge in [-0.05, 0) is 22.7 Å². The zero-order valence-electron chi connectivity index (χ0n) is 15.9. The maximum absolute atomic E-state index is 12.3. The number of H-pyrrole nitrogens is 1. The summed E-state index contributed by atoms with van der Waals surface area (Å²) in [6.07, 6.45) is 3.33. The van der Waals surface area contributed by atoms with Crippen LogP contribution < -0.4 is 21.1 Å². The molecule has 3 aromatic heterocycles. The van der Waals surface area contributed by atoms with Crippen molar-refractivity contribution in [3.63, 3.8) is 0 Å². The van der Waals surface area contributed by atoms with Crippen LogP contribution in [-0.2, 0) is 20.6 Å². The molecule has 1 aromatic carbocycles. The summed E-state index contributed by atoms with van der Waals surface area (Å²) < 4.78 is 3.97. The second-order valence-corrected chi connectivity index (χ2v) is 6.63. The number of nitrogens with zero attached hydrogens (tertiary/aromatic N) is 4. The molecule has 0 saturated carbocycles. The minimum absolute atomic E-state index is 0.193. The lowest BCUT2D eigenvalue weighted by Crippen LogP contribution is -2.36. The lowest BCUT2D eigenvalue weighted by atomic mass is 10.2. The Kier molecular flexibility index (Phi) is 4.55. The largest absolute Gasteiger partial charge is 0.403 e. The van der Waals surface area contributed by atoms with Crippen LogP contribution in [0, 0.1) is 0 Å². The third-order valence-electron chi connectivity index (χ3n) is 4.71. The number of carbonyl (C=O) groups is 1. The summed E-state index contributed by atoms with van der Waals surface area (Å²) in [5, 5.41) is 2.87. The Labute approximate surface area is 164 Å². The number of nitrogens with one attached hydrogen (secondary N) is 2. The number of amides is 1. The van der Waals surface area contributed by atoms with Crippen molar-refractivity contribution in [3.05, 3.63) is 86.8 Å². The second kappa shape index (κ2) is 7.19. The van der Waals surface area contributed by atoms with Gasteiger partial charge in [-0.15, -0.1) is 0 Å². The summed E-state index contributed by atoms with van der Waals surface area (Å²) in [6.45, 7) is 0.440. The first-order valence-electron chi connectivity index (χ1n) is 8.95. The maximum atomic E-state index is 12.3. The highest BCUT2D eigenvalue weighted by molar-refractivity contribution is 5.93. The fourth-order valence-electron chi connectivity index (χ4n) is 3.04. The molecule has 0 aliphatic rings. The average molecular weight is 391 g/mol. The van der Waals surface area contributed by atoms with E-state index in [-0.39, 0.29) is 17.1 Å². The average Bonchev–Trinajstić information content (AvgIpc) is 3.21. The summed E-state index contributed by atoms with van der Waals surface area (Å²) in [5.41, 5.74) is 1.13. The van der Waals surface area contributed by atoms with Gasteiger partial charge in [0, 0.05) is 26.2 Å². The predicted octanol–water partition coefficient (Wildman–Crippen LogP) is 0.167. The van der Waals surface area contributed by atoms with Crippen LogP contribution in [0.3, 0.4) is 0 Å². The van der Waals surface area contributed by atoms with Crippen molar-refractivity contribution < 1.29 is 9.36 Å². The number of hydrogen-bond donors (Lipinski definition) is 2. The molecule has 0 saturated heterocycles. The van der Waals surface area contributed by atoms with Gasteiger partial charge in [-0.3, -0.25) is 18.7 Å². The topological polar surface area (TPSA) is 106 Å². The molecule has 4 aromatic rings. The molecule has 4 rings (SSSR count). The van der Waals surface area contributed by atoms with Gasteiger partial charge in [-0.1, -0.05) is 30.3 Å². The molecule has 0 spiro atoms. The van der Waals surface area contributed by atoms with Crippen molar-refractivity contribution in [1.29, 1.82) is 0 Å². The Morgan fingerprint density at radius 2 is 1.76 bits per heavy atom. The van der Waals surface area contributed by atoms with Crippen LogP contribution >= 0.6 is 0 Å². The molecule has 9 nitrogen and oxygen atoms in total. The highest BCUT2D eigenvalue weighted by Gasteiger charge is 2.21. The summed E-state index contributed by atoms with van der Waals surface area (Å²) in [5.74, 6) is 0.177. The van der Waals surface area contributed by atoms with Crippen molar-refractivity contribution in [2.75, 3.05) is 0 Å². The zero-order valence-corrected chi connectivity index (χ0v) is 15.9. The fourth-order valence-corrected chi connectivity index (χ4v) is 3.04. The van der Waals surface area contributed by atoms with Crippen LogP contribution in [0.15, 0.2) is 64.4 Å². The SMILES string of the molecule is Cn1c(=O)c2[nH]c(-[n+]3ccc(C(=O)NCc4ccccc4)cc3)nc2n(C)c1=O. The van der Waals surface area contributed by atoms with Gasteiger partial charge in [0.05, 0.1) is 12.4 Å². The minimum atomic E-state index is -0.448. The van der Waals surface area contributed by atoms with Crippen LogP contribution in [0.1, 0.15) is 15.9 Å². The summed E-state index contributed by atoms with van der Waals surface area (Å²) in [7, 11) is 2.97. The standard InChI is InChI=1S/C20H18N6O3/c1-24-16-15(18(28)25(2)20(24)29)22-19(23-16)26-10-8-14(9-11-26)17(27)21-12-13-6-4-3-5-7-13/h3-11H,12H2,1-2H3,(H-,21,22,23,27,28)/p+1. The minimum Gasteiger partial charge on any atom is -0.348 e. The van der Waals surface area contributed by atoms with E-state index < -0.39 is 11.2 Å². The van der Waals surface area contributed by atoms with E-state index >= 15 is 0 Å². The van der Waals surface area contributed by atoms with Gasteiger partial charge in [-0.2, -0.15) is 0 Å². The lowest BCUT2D eigenvalue weighted by Gasteiger charge is -2.05.